The van der Waals surface area contributed by atoms with Crippen LogP contribution in [0.2, 0.25) is 0 Å². The van der Waals surface area contributed by atoms with Crippen LogP contribution in [0.5, 0.6) is 5.75 Å². The van der Waals surface area contributed by atoms with Crippen LogP contribution < -0.4 is 4.74 Å². The molecule has 2 rings (SSSR count). The first-order valence-corrected chi connectivity index (χ1v) is 5.51. The molecular formula is C14H16O2. The van der Waals surface area contributed by atoms with Gasteiger partial charge in [0.2, 0.25) is 0 Å². The summed E-state index contributed by atoms with van der Waals surface area (Å²) in [6.45, 7) is 5.80. The zero-order valence-electron chi connectivity index (χ0n) is 9.69. The lowest BCUT2D eigenvalue weighted by atomic mass is 9.91. The average Bonchev–Trinajstić information content (AvgIpc) is 2.65. The van der Waals surface area contributed by atoms with Crippen molar-refractivity contribution < 1.29 is 9.53 Å². The predicted molar refractivity (Wildman–Crippen MR) is 63.9 cm³/mol. The Morgan fingerprint density at radius 1 is 1.56 bits per heavy atom. The standard InChI is InChI=1S/C14H16O2/c1-4-9(2)13-8-10-7-11(16-3)5-6-12(10)14(13)15/h4-7,9,13H,1,8H2,2-3H3. The number of methoxy groups -OCH3 is 1. The van der Waals surface area contributed by atoms with Crippen molar-refractivity contribution in [2.45, 2.75) is 13.3 Å². The number of rotatable bonds is 3. The Labute approximate surface area is 95.9 Å². The number of ketones is 1. The van der Waals surface area contributed by atoms with Gasteiger partial charge in [0.1, 0.15) is 5.75 Å². The Balaban J connectivity index is 2.34. The molecule has 0 spiro atoms. The third kappa shape index (κ3) is 1.64. The third-order valence-electron chi connectivity index (χ3n) is 3.36. The molecule has 1 aliphatic carbocycles. The van der Waals surface area contributed by atoms with E-state index in [0.717, 1.165) is 23.3 Å². The van der Waals surface area contributed by atoms with Gasteiger partial charge in [0.05, 0.1) is 7.11 Å². The number of carbonyl (C=O) groups excluding carboxylic acids is 1. The van der Waals surface area contributed by atoms with Gasteiger partial charge in [-0.15, -0.1) is 6.58 Å². The molecule has 1 aliphatic rings. The lowest BCUT2D eigenvalue weighted by Crippen LogP contribution is -2.16. The molecule has 0 N–H and O–H groups in total. The SMILES string of the molecule is C=CC(C)C1Cc2cc(OC)ccc2C1=O. The van der Waals surface area contributed by atoms with E-state index in [1.165, 1.54) is 0 Å². The van der Waals surface area contributed by atoms with Gasteiger partial charge >= 0.3 is 0 Å². The first kappa shape index (κ1) is 10.9. The smallest absolute Gasteiger partial charge is 0.167 e. The molecule has 0 saturated carbocycles. The number of Topliss-reactive ketones (excluding diaryl/α,β-unsaturated/α-hetero) is 1. The summed E-state index contributed by atoms with van der Waals surface area (Å²) < 4.78 is 5.17. The topological polar surface area (TPSA) is 26.3 Å². The Bertz CT molecular complexity index is 434. The molecule has 16 heavy (non-hydrogen) atoms. The molecule has 1 aromatic carbocycles. The van der Waals surface area contributed by atoms with Gasteiger partial charge in [-0.1, -0.05) is 13.0 Å². The van der Waals surface area contributed by atoms with Gasteiger partial charge in [0.15, 0.2) is 5.78 Å². The molecule has 0 radical (unpaired) electrons. The number of carbonyl (C=O) groups is 1. The Kier molecular flexibility index (Phi) is 2.82. The normalized spacial score (nSPS) is 20.4. The average molecular weight is 216 g/mol. The monoisotopic (exact) mass is 216 g/mol. The zero-order valence-corrected chi connectivity index (χ0v) is 9.69. The van der Waals surface area contributed by atoms with E-state index in [1.54, 1.807) is 7.11 Å². The van der Waals surface area contributed by atoms with E-state index in [-0.39, 0.29) is 17.6 Å². The molecule has 0 aromatic heterocycles. The lowest BCUT2D eigenvalue weighted by Gasteiger charge is -2.12. The molecule has 0 bridgehead atoms. The molecule has 2 atom stereocenters. The summed E-state index contributed by atoms with van der Waals surface area (Å²) in [5.74, 6) is 1.34. The number of allylic oxidation sites excluding steroid dienone is 1. The quantitative estimate of drug-likeness (QED) is 0.726. The minimum Gasteiger partial charge on any atom is -0.497 e. The summed E-state index contributed by atoms with van der Waals surface area (Å²) in [4.78, 5) is 12.1. The van der Waals surface area contributed by atoms with Crippen LogP contribution in [0.3, 0.4) is 0 Å². The fourth-order valence-corrected chi connectivity index (χ4v) is 2.22. The van der Waals surface area contributed by atoms with Gasteiger partial charge in [0.25, 0.3) is 0 Å². The number of hydrogen-bond donors (Lipinski definition) is 0. The maximum Gasteiger partial charge on any atom is 0.167 e. The maximum absolute atomic E-state index is 12.1. The summed E-state index contributed by atoms with van der Waals surface area (Å²) in [7, 11) is 1.64. The van der Waals surface area contributed by atoms with Crippen LogP contribution in [-0.4, -0.2) is 12.9 Å². The number of fused-ring (bicyclic) bond motifs is 1. The zero-order chi connectivity index (χ0) is 11.7. The molecule has 2 heteroatoms. The van der Waals surface area contributed by atoms with E-state index in [2.05, 4.69) is 6.58 Å². The fraction of sp³-hybridized carbons (Fsp3) is 0.357. The highest BCUT2D eigenvalue weighted by atomic mass is 16.5. The number of ether oxygens (including phenoxy) is 1. The van der Waals surface area contributed by atoms with Crippen molar-refractivity contribution in [2.24, 2.45) is 11.8 Å². The highest BCUT2D eigenvalue weighted by Gasteiger charge is 2.33. The molecular weight excluding hydrogens is 200 g/mol. The van der Waals surface area contributed by atoms with Crippen LogP contribution in [0, 0.1) is 11.8 Å². The summed E-state index contributed by atoms with van der Waals surface area (Å²) in [5, 5.41) is 0. The first-order valence-electron chi connectivity index (χ1n) is 5.51. The lowest BCUT2D eigenvalue weighted by molar-refractivity contribution is 0.0914. The van der Waals surface area contributed by atoms with Crippen molar-refractivity contribution in [1.29, 1.82) is 0 Å². The van der Waals surface area contributed by atoms with Crippen molar-refractivity contribution in [3.05, 3.63) is 42.0 Å². The molecule has 1 aromatic rings. The summed E-state index contributed by atoms with van der Waals surface area (Å²) >= 11 is 0. The van der Waals surface area contributed by atoms with Gasteiger partial charge in [-0.05, 0) is 36.1 Å². The summed E-state index contributed by atoms with van der Waals surface area (Å²) in [6, 6.07) is 5.67. The molecule has 0 heterocycles. The van der Waals surface area contributed by atoms with Gasteiger partial charge in [-0.2, -0.15) is 0 Å². The minimum atomic E-state index is 0.0552. The maximum atomic E-state index is 12.1. The van der Waals surface area contributed by atoms with Crippen molar-refractivity contribution in [3.63, 3.8) is 0 Å². The van der Waals surface area contributed by atoms with Gasteiger partial charge in [-0.25, -0.2) is 0 Å². The second kappa shape index (κ2) is 4.12. The summed E-state index contributed by atoms with van der Waals surface area (Å²) in [6.07, 6.45) is 2.66. The highest BCUT2D eigenvalue weighted by Crippen LogP contribution is 2.33. The second-order valence-corrected chi connectivity index (χ2v) is 4.29. The largest absolute Gasteiger partial charge is 0.497 e. The van der Waals surface area contributed by atoms with E-state index < -0.39 is 0 Å². The highest BCUT2D eigenvalue weighted by molar-refractivity contribution is 6.02. The number of benzene rings is 1. The minimum absolute atomic E-state index is 0.0552. The van der Waals surface area contributed by atoms with Crippen LogP contribution in [0.25, 0.3) is 0 Å². The van der Waals surface area contributed by atoms with E-state index in [9.17, 15) is 4.79 Å². The molecule has 0 amide bonds. The van der Waals surface area contributed by atoms with Crippen LogP contribution in [0.1, 0.15) is 22.8 Å². The Morgan fingerprint density at radius 3 is 2.94 bits per heavy atom. The third-order valence-corrected chi connectivity index (χ3v) is 3.36. The predicted octanol–water partition coefficient (Wildman–Crippen LogP) is 2.87. The van der Waals surface area contributed by atoms with Gasteiger partial charge in [-0.3, -0.25) is 4.79 Å². The van der Waals surface area contributed by atoms with Gasteiger partial charge in [0, 0.05) is 11.5 Å². The van der Waals surface area contributed by atoms with Crippen molar-refractivity contribution >= 4 is 5.78 Å². The Hall–Kier alpha value is -1.57. The van der Waals surface area contributed by atoms with E-state index in [0.29, 0.717) is 0 Å². The number of hydrogen-bond acceptors (Lipinski definition) is 2. The Morgan fingerprint density at radius 2 is 2.31 bits per heavy atom. The van der Waals surface area contributed by atoms with Crippen LogP contribution in [0.4, 0.5) is 0 Å². The molecule has 84 valence electrons. The first-order chi connectivity index (χ1) is 7.67. The van der Waals surface area contributed by atoms with Crippen LogP contribution in [0.15, 0.2) is 30.9 Å². The fourth-order valence-electron chi connectivity index (χ4n) is 2.22. The second-order valence-electron chi connectivity index (χ2n) is 4.29. The molecule has 0 fully saturated rings. The molecule has 0 saturated heterocycles. The van der Waals surface area contributed by atoms with Crippen LogP contribution in [-0.2, 0) is 6.42 Å². The van der Waals surface area contributed by atoms with Crippen LogP contribution >= 0.6 is 0 Å². The van der Waals surface area contributed by atoms with E-state index in [4.69, 9.17) is 4.74 Å². The van der Waals surface area contributed by atoms with Crippen molar-refractivity contribution in [1.82, 2.24) is 0 Å². The van der Waals surface area contributed by atoms with E-state index in [1.807, 2.05) is 31.2 Å². The molecule has 2 nitrogen and oxygen atoms in total. The summed E-state index contributed by atoms with van der Waals surface area (Å²) in [5.41, 5.74) is 1.95. The van der Waals surface area contributed by atoms with Crippen molar-refractivity contribution in [2.75, 3.05) is 7.11 Å². The molecule has 0 aliphatic heterocycles. The van der Waals surface area contributed by atoms with Gasteiger partial charge < -0.3 is 4.74 Å². The van der Waals surface area contributed by atoms with E-state index >= 15 is 0 Å². The van der Waals surface area contributed by atoms with Crippen molar-refractivity contribution in [3.8, 4) is 5.75 Å². The molecule has 2 unspecified atom stereocenters.